The maximum absolute atomic E-state index is 5.78. The summed E-state index contributed by atoms with van der Waals surface area (Å²) >= 11 is 9.19. The predicted octanol–water partition coefficient (Wildman–Crippen LogP) is 3.77. The molecule has 0 aliphatic carbocycles. The number of alkyl halides is 1. The Bertz CT molecular complexity index is 227. The van der Waals surface area contributed by atoms with Gasteiger partial charge in [-0.3, -0.25) is 0 Å². The molecule has 1 heterocycles. The summed E-state index contributed by atoms with van der Waals surface area (Å²) < 4.78 is 0. The van der Waals surface area contributed by atoms with Gasteiger partial charge in [0.2, 0.25) is 0 Å². The van der Waals surface area contributed by atoms with Gasteiger partial charge >= 0.3 is 0 Å². The molecule has 0 bridgehead atoms. The molecule has 0 amide bonds. The molecule has 0 spiro atoms. The second-order valence-electron chi connectivity index (χ2n) is 2.00. The molecule has 0 saturated carbocycles. The third-order valence-corrected chi connectivity index (χ3v) is 2.03. The number of halogens is 3. The molecule has 0 aromatic carbocycles. The van der Waals surface area contributed by atoms with E-state index in [1.54, 1.807) is 6.20 Å². The van der Waals surface area contributed by atoms with Crippen LogP contribution in [-0.4, -0.2) is 4.98 Å². The summed E-state index contributed by atoms with van der Waals surface area (Å²) in [5.41, 5.74) is 1.03. The fraction of sp³-hybridized carbons (Fsp3) is 0.286. The first kappa shape index (κ1) is 11.4. The Labute approximate surface area is 90.1 Å². The van der Waals surface area contributed by atoms with E-state index in [9.17, 15) is 0 Å². The first-order chi connectivity index (χ1) is 4.72. The molecule has 1 aromatic rings. The number of nitrogens with zero attached hydrogens (tertiary/aromatic N) is 1. The SMILES string of the molecule is Br.CC(Br)c1cccnc1Cl. The lowest BCUT2D eigenvalue weighted by Gasteiger charge is -2.02. The van der Waals surface area contributed by atoms with Crippen LogP contribution in [0.2, 0.25) is 5.15 Å². The molecule has 11 heavy (non-hydrogen) atoms. The lowest BCUT2D eigenvalue weighted by atomic mass is 10.2. The van der Waals surface area contributed by atoms with Crippen LogP contribution in [-0.2, 0) is 0 Å². The minimum absolute atomic E-state index is 0. The lowest BCUT2D eigenvalue weighted by molar-refractivity contribution is 1.09. The van der Waals surface area contributed by atoms with Crippen molar-refractivity contribution in [2.75, 3.05) is 0 Å². The Kier molecular flexibility index (Phi) is 5.30. The highest BCUT2D eigenvalue weighted by molar-refractivity contribution is 9.09. The zero-order valence-electron chi connectivity index (χ0n) is 5.92. The first-order valence-electron chi connectivity index (χ1n) is 2.96. The van der Waals surface area contributed by atoms with E-state index >= 15 is 0 Å². The molecule has 1 unspecified atom stereocenters. The van der Waals surface area contributed by atoms with Crippen LogP contribution in [0.5, 0.6) is 0 Å². The van der Waals surface area contributed by atoms with Crippen molar-refractivity contribution in [3.05, 3.63) is 29.0 Å². The number of pyridine rings is 1. The van der Waals surface area contributed by atoms with Gasteiger partial charge in [0.05, 0.1) is 0 Å². The minimum atomic E-state index is 0. The van der Waals surface area contributed by atoms with Crippen LogP contribution in [0.3, 0.4) is 0 Å². The van der Waals surface area contributed by atoms with E-state index in [4.69, 9.17) is 11.6 Å². The van der Waals surface area contributed by atoms with Crippen LogP contribution in [0.4, 0.5) is 0 Å². The van der Waals surface area contributed by atoms with Crippen molar-refractivity contribution in [3.63, 3.8) is 0 Å². The van der Waals surface area contributed by atoms with Crippen LogP contribution < -0.4 is 0 Å². The average molecular weight is 301 g/mol. The molecule has 0 saturated heterocycles. The third kappa shape index (κ3) is 3.09. The Balaban J connectivity index is 0.000001000. The number of rotatable bonds is 1. The van der Waals surface area contributed by atoms with E-state index in [2.05, 4.69) is 20.9 Å². The second kappa shape index (κ2) is 5.12. The van der Waals surface area contributed by atoms with Crippen LogP contribution in [0.25, 0.3) is 0 Å². The van der Waals surface area contributed by atoms with Gasteiger partial charge in [-0.05, 0) is 13.0 Å². The zero-order chi connectivity index (χ0) is 7.56. The lowest BCUT2D eigenvalue weighted by Crippen LogP contribution is -1.86. The van der Waals surface area contributed by atoms with Crippen molar-refractivity contribution < 1.29 is 0 Å². The van der Waals surface area contributed by atoms with Crippen LogP contribution in [0, 0.1) is 0 Å². The largest absolute Gasteiger partial charge is 0.244 e. The van der Waals surface area contributed by atoms with Crippen molar-refractivity contribution in [2.24, 2.45) is 0 Å². The quantitative estimate of drug-likeness (QED) is 0.568. The predicted molar refractivity (Wildman–Crippen MR) is 56.9 cm³/mol. The van der Waals surface area contributed by atoms with E-state index in [1.807, 2.05) is 19.1 Å². The highest BCUT2D eigenvalue weighted by Gasteiger charge is 2.04. The van der Waals surface area contributed by atoms with Gasteiger partial charge in [0.15, 0.2) is 0 Å². The fourth-order valence-electron chi connectivity index (χ4n) is 0.695. The molecule has 1 nitrogen and oxygen atoms in total. The first-order valence-corrected chi connectivity index (χ1v) is 4.25. The Morgan fingerprint density at radius 1 is 1.64 bits per heavy atom. The molecule has 0 aliphatic rings. The molecule has 1 aromatic heterocycles. The molecule has 1 atom stereocenters. The highest BCUT2D eigenvalue weighted by Crippen LogP contribution is 2.26. The van der Waals surface area contributed by atoms with Crippen molar-refractivity contribution in [1.29, 1.82) is 0 Å². The summed E-state index contributed by atoms with van der Waals surface area (Å²) in [6.07, 6.45) is 1.68. The van der Waals surface area contributed by atoms with Gasteiger partial charge in [-0.15, -0.1) is 17.0 Å². The monoisotopic (exact) mass is 299 g/mol. The summed E-state index contributed by atoms with van der Waals surface area (Å²) in [7, 11) is 0. The van der Waals surface area contributed by atoms with E-state index in [0.717, 1.165) is 5.56 Å². The van der Waals surface area contributed by atoms with E-state index in [0.29, 0.717) is 5.15 Å². The van der Waals surface area contributed by atoms with Gasteiger partial charge in [-0.1, -0.05) is 33.6 Å². The Morgan fingerprint density at radius 2 is 2.27 bits per heavy atom. The average Bonchev–Trinajstić information content (AvgIpc) is 1.88. The summed E-state index contributed by atoms with van der Waals surface area (Å²) in [5, 5.41) is 0.576. The topological polar surface area (TPSA) is 12.9 Å². The van der Waals surface area contributed by atoms with E-state index in [-0.39, 0.29) is 21.8 Å². The summed E-state index contributed by atoms with van der Waals surface area (Å²) in [4.78, 5) is 4.21. The van der Waals surface area contributed by atoms with E-state index in [1.165, 1.54) is 0 Å². The molecular weight excluding hydrogens is 293 g/mol. The normalized spacial score (nSPS) is 11.9. The van der Waals surface area contributed by atoms with Gasteiger partial charge in [-0.25, -0.2) is 4.98 Å². The van der Waals surface area contributed by atoms with E-state index < -0.39 is 0 Å². The summed E-state index contributed by atoms with van der Waals surface area (Å²) in [6.45, 7) is 2.02. The second-order valence-corrected chi connectivity index (χ2v) is 3.73. The van der Waals surface area contributed by atoms with Crippen molar-refractivity contribution in [3.8, 4) is 0 Å². The van der Waals surface area contributed by atoms with Crippen LogP contribution >= 0.6 is 44.5 Å². The molecule has 0 fully saturated rings. The molecule has 1 rings (SSSR count). The van der Waals surface area contributed by atoms with Crippen molar-refractivity contribution in [2.45, 2.75) is 11.8 Å². The van der Waals surface area contributed by atoms with Crippen molar-refractivity contribution >= 4 is 44.5 Å². The van der Waals surface area contributed by atoms with Gasteiger partial charge in [-0.2, -0.15) is 0 Å². The van der Waals surface area contributed by atoms with Gasteiger partial charge in [0.25, 0.3) is 0 Å². The number of hydrogen-bond acceptors (Lipinski definition) is 1. The van der Waals surface area contributed by atoms with Gasteiger partial charge in [0.1, 0.15) is 5.15 Å². The fourth-order valence-corrected chi connectivity index (χ4v) is 1.48. The van der Waals surface area contributed by atoms with Crippen LogP contribution in [0.1, 0.15) is 17.3 Å². The smallest absolute Gasteiger partial charge is 0.133 e. The summed E-state index contributed by atoms with van der Waals surface area (Å²) in [5.74, 6) is 0. The van der Waals surface area contributed by atoms with Crippen molar-refractivity contribution in [1.82, 2.24) is 4.98 Å². The Morgan fingerprint density at radius 3 is 2.64 bits per heavy atom. The molecule has 62 valence electrons. The number of hydrogen-bond donors (Lipinski definition) is 0. The molecule has 0 aliphatic heterocycles. The Hall–Kier alpha value is 0.400. The third-order valence-electron chi connectivity index (χ3n) is 1.22. The molecule has 0 N–H and O–H groups in total. The molecule has 4 heteroatoms. The van der Waals surface area contributed by atoms with Gasteiger partial charge in [0, 0.05) is 16.6 Å². The summed E-state index contributed by atoms with van der Waals surface area (Å²) in [6, 6.07) is 3.83. The standard InChI is InChI=1S/C7H7BrClN.BrH/c1-5(8)6-3-2-4-10-7(6)9;/h2-5H,1H3;1H. The highest BCUT2D eigenvalue weighted by atomic mass is 79.9. The zero-order valence-corrected chi connectivity index (χ0v) is 9.98. The molecule has 0 radical (unpaired) electrons. The maximum atomic E-state index is 5.78. The van der Waals surface area contributed by atoms with Gasteiger partial charge < -0.3 is 0 Å². The minimum Gasteiger partial charge on any atom is -0.244 e. The maximum Gasteiger partial charge on any atom is 0.133 e. The number of aromatic nitrogens is 1. The molecular formula is C7H8Br2ClN. The van der Waals surface area contributed by atoms with Crippen LogP contribution in [0.15, 0.2) is 18.3 Å².